The average Bonchev–Trinajstić information content (AvgIpc) is 1.69. The van der Waals surface area contributed by atoms with E-state index in [1.54, 1.807) is 36.4 Å². The predicted octanol–water partition coefficient (Wildman–Crippen LogP) is 3.94. The van der Waals surface area contributed by atoms with Gasteiger partial charge in [-0.25, -0.2) is 43.1 Å². The SMILES string of the molecule is Nc1nc(Nc2ccc(N3CCOCC3)cc2F)nn1-c1cc(N2CC[C@@H](O)C2)ncn1.Nc1nc(Nc2ccc(N3CCOCC3)cc2F)nn1-c1cc(N2CC[C@H](O)C2)ncn1.Nc1nc(Nc2ccc(N3CCOCC3)cc2F)nn1-c1cc(NC2(CO)CCCC2)ncn1. The van der Waals surface area contributed by atoms with Gasteiger partial charge >= 0.3 is 0 Å². The molecule has 0 radical (unpaired) electrons. The van der Waals surface area contributed by atoms with E-state index in [0.717, 1.165) is 82.0 Å². The first-order valence-corrected chi connectivity index (χ1v) is 32.3. The molecule has 0 bridgehead atoms. The Kier molecular flexibility index (Phi) is 20.1. The lowest BCUT2D eigenvalue weighted by molar-refractivity contribution is 0.122. The van der Waals surface area contributed by atoms with Gasteiger partial charge in [-0.05, 0) is 80.3 Å². The number of aliphatic hydroxyl groups excluding tert-OH is 3. The molecule has 6 aromatic heterocycles. The molecular weight excluding hydrogens is 1280 g/mol. The highest BCUT2D eigenvalue weighted by atomic mass is 19.1. The highest BCUT2D eigenvalue weighted by molar-refractivity contribution is 5.64. The van der Waals surface area contributed by atoms with Gasteiger partial charge in [-0.3, -0.25) is 0 Å². The Morgan fingerprint density at radius 2 is 0.796 bits per heavy atom. The standard InChI is InChI=1S/C22H28FN9O2.2C20H24FN9O2/c23-16-11-15(31-7-9-34-10-8-31)3-4-17(16)27-21-28-20(24)32(30-21)19-12-18(25-14-26-19)29-22(13-33)5-1-2-6-22;2*21-15-9-13(28-5-7-32-8-6-28)1-2-16(15)25-20-26-19(22)30(27-20)18-10-17(23-12-24-18)29-4-3-14(31)11-29/h3-4,11-12,14,33H,1-2,5-10,13H2,(H,25,26,29)(H3,24,27,28,30);2*1-2,9-10,12,14,31H,3-8,11H2,(H3,22,25,26,27)/t;2*14-/m.10/s1. The highest BCUT2D eigenvalue weighted by Crippen LogP contribution is 2.34. The van der Waals surface area contributed by atoms with Crippen molar-refractivity contribution in [2.24, 2.45) is 0 Å². The summed E-state index contributed by atoms with van der Waals surface area (Å²) >= 11 is 0. The first-order valence-electron chi connectivity index (χ1n) is 32.3. The van der Waals surface area contributed by atoms with E-state index in [9.17, 15) is 28.5 Å². The second-order valence-corrected chi connectivity index (χ2v) is 24.1. The van der Waals surface area contributed by atoms with E-state index in [1.165, 1.54) is 51.2 Å². The summed E-state index contributed by atoms with van der Waals surface area (Å²) in [5.41, 5.74) is 20.9. The van der Waals surface area contributed by atoms with Crippen LogP contribution in [0.2, 0.25) is 0 Å². The van der Waals surface area contributed by atoms with Gasteiger partial charge in [0.15, 0.2) is 17.5 Å². The Morgan fingerprint density at radius 1 is 0.449 bits per heavy atom. The maximum atomic E-state index is 14.8. The number of aromatic nitrogens is 15. The summed E-state index contributed by atoms with van der Waals surface area (Å²) < 4.78 is 64.3. The summed E-state index contributed by atoms with van der Waals surface area (Å²) in [6.45, 7) is 10.6. The number of β-amino-alcohol motifs (C(OH)–C–C–N with tert-alkyl or cyclic N) is 2. The Morgan fingerprint density at radius 3 is 1.13 bits per heavy atom. The summed E-state index contributed by atoms with van der Waals surface area (Å²) in [6.07, 6.45) is 8.72. The third-order valence-corrected chi connectivity index (χ3v) is 17.4. The van der Waals surface area contributed by atoms with Crippen LogP contribution in [0.25, 0.3) is 17.5 Å². The Balaban J connectivity index is 0.000000132. The van der Waals surface area contributed by atoms with Gasteiger partial charge in [0, 0.05) is 101 Å². The average molecular weight is 1350 g/mol. The predicted molar refractivity (Wildman–Crippen MR) is 360 cm³/mol. The zero-order valence-electron chi connectivity index (χ0n) is 53.5. The Labute approximate surface area is 559 Å². The molecule has 13 N–H and O–H groups in total. The molecule has 5 saturated heterocycles. The molecule has 516 valence electrons. The summed E-state index contributed by atoms with van der Waals surface area (Å²) in [5.74, 6) is 2.65. The first-order chi connectivity index (χ1) is 47.7. The van der Waals surface area contributed by atoms with E-state index in [2.05, 4.69) is 96.1 Å². The van der Waals surface area contributed by atoms with Crippen molar-refractivity contribution in [2.45, 2.75) is 56.3 Å². The van der Waals surface area contributed by atoms with Crippen molar-refractivity contribution in [1.82, 2.24) is 74.2 Å². The monoisotopic (exact) mass is 1350 g/mol. The maximum Gasteiger partial charge on any atom is 0.248 e. The van der Waals surface area contributed by atoms with Gasteiger partial charge in [-0.2, -0.15) is 29.0 Å². The van der Waals surface area contributed by atoms with Crippen LogP contribution in [-0.4, -0.2) is 219 Å². The van der Waals surface area contributed by atoms with Crippen LogP contribution < -0.4 is 63.0 Å². The number of aliphatic hydroxyl groups is 3. The van der Waals surface area contributed by atoms with E-state index in [4.69, 9.17) is 31.4 Å². The smallest absolute Gasteiger partial charge is 0.248 e. The lowest BCUT2D eigenvalue weighted by Gasteiger charge is -2.29. The van der Waals surface area contributed by atoms with Crippen molar-refractivity contribution in [3.8, 4) is 17.5 Å². The van der Waals surface area contributed by atoms with E-state index < -0.39 is 17.5 Å². The number of nitrogen functional groups attached to an aromatic ring is 3. The lowest BCUT2D eigenvalue weighted by Crippen LogP contribution is -2.39. The number of benzene rings is 3. The van der Waals surface area contributed by atoms with Crippen LogP contribution in [0, 0.1) is 17.5 Å². The van der Waals surface area contributed by atoms with Gasteiger partial charge in [0.1, 0.15) is 53.9 Å². The van der Waals surface area contributed by atoms with Crippen LogP contribution in [-0.2, 0) is 14.2 Å². The number of nitrogens with one attached hydrogen (secondary N) is 4. The molecule has 0 amide bonds. The molecular formula is C62H76F3N27O6. The third kappa shape index (κ3) is 15.6. The molecule has 1 saturated carbocycles. The Bertz CT molecular complexity index is 4010. The third-order valence-electron chi connectivity index (χ3n) is 17.4. The molecule has 98 heavy (non-hydrogen) atoms. The minimum absolute atomic E-state index is 0.0295. The number of halogens is 3. The number of ether oxygens (including phenoxy) is 3. The number of rotatable bonds is 17. The van der Waals surface area contributed by atoms with Crippen LogP contribution in [0.5, 0.6) is 0 Å². The second kappa shape index (κ2) is 29.9. The number of nitrogens with two attached hydrogens (primary N) is 3. The fraction of sp³-hybridized carbons (Fsp3) is 0.419. The number of nitrogens with zero attached hydrogens (tertiary/aromatic N) is 20. The molecule has 1 aliphatic carbocycles. The van der Waals surface area contributed by atoms with Gasteiger partial charge < -0.3 is 92.5 Å². The van der Waals surface area contributed by atoms with Crippen molar-refractivity contribution in [3.63, 3.8) is 0 Å². The van der Waals surface area contributed by atoms with Crippen molar-refractivity contribution >= 4 is 87.3 Å². The summed E-state index contributed by atoms with van der Waals surface area (Å²) in [4.78, 5) is 48.2. The molecule has 0 spiro atoms. The number of morpholine rings is 3. The number of hydrogen-bond donors (Lipinski definition) is 10. The van der Waals surface area contributed by atoms with Crippen LogP contribution >= 0.6 is 0 Å². The zero-order chi connectivity index (χ0) is 67.7. The molecule has 6 aliphatic rings. The fourth-order valence-corrected chi connectivity index (χ4v) is 12.2. The van der Waals surface area contributed by atoms with Crippen molar-refractivity contribution in [2.75, 3.05) is 175 Å². The van der Waals surface area contributed by atoms with Crippen molar-refractivity contribution in [3.05, 3.63) is 109 Å². The highest BCUT2D eigenvalue weighted by Gasteiger charge is 2.34. The van der Waals surface area contributed by atoms with Gasteiger partial charge in [0.05, 0.1) is 81.1 Å². The summed E-state index contributed by atoms with van der Waals surface area (Å²) in [5, 5.41) is 54.4. The molecule has 33 nitrogen and oxygen atoms in total. The van der Waals surface area contributed by atoms with Crippen LogP contribution in [0.4, 0.5) is 100 Å². The number of hydrogen-bond acceptors (Lipinski definition) is 30. The van der Waals surface area contributed by atoms with Crippen LogP contribution in [0.3, 0.4) is 0 Å². The molecule has 36 heteroatoms. The van der Waals surface area contributed by atoms with Crippen molar-refractivity contribution < 1.29 is 42.7 Å². The molecule has 9 aromatic rings. The van der Waals surface area contributed by atoms with Crippen molar-refractivity contribution in [1.29, 1.82) is 0 Å². The normalized spacial score (nSPS) is 18.4. The molecule has 3 aromatic carbocycles. The maximum absolute atomic E-state index is 14.8. The van der Waals surface area contributed by atoms with Gasteiger partial charge in [-0.15, -0.1) is 15.3 Å². The van der Waals surface area contributed by atoms with E-state index >= 15 is 0 Å². The Hall–Kier alpha value is -10.5. The van der Waals surface area contributed by atoms with E-state index in [-0.39, 0.29) is 77.1 Å². The molecule has 15 rings (SSSR count). The molecule has 5 aliphatic heterocycles. The minimum atomic E-state index is -0.418. The van der Waals surface area contributed by atoms with Crippen LogP contribution in [0.1, 0.15) is 38.5 Å². The van der Waals surface area contributed by atoms with E-state index in [0.29, 0.717) is 114 Å². The second-order valence-electron chi connectivity index (χ2n) is 24.1. The van der Waals surface area contributed by atoms with E-state index in [1.807, 2.05) is 28.0 Å². The minimum Gasteiger partial charge on any atom is -0.394 e. The fourth-order valence-electron chi connectivity index (χ4n) is 12.2. The molecule has 2 atom stereocenters. The summed E-state index contributed by atoms with van der Waals surface area (Å²) in [7, 11) is 0. The largest absolute Gasteiger partial charge is 0.394 e. The zero-order valence-corrected chi connectivity index (χ0v) is 53.5. The van der Waals surface area contributed by atoms with Crippen LogP contribution in [0.15, 0.2) is 91.8 Å². The number of anilines is 15. The summed E-state index contributed by atoms with van der Waals surface area (Å²) in [6, 6.07) is 20.1. The molecule has 11 heterocycles. The van der Waals surface area contributed by atoms with Gasteiger partial charge in [-0.1, -0.05) is 12.8 Å². The van der Waals surface area contributed by atoms with Gasteiger partial charge in [0.25, 0.3) is 0 Å². The quantitative estimate of drug-likeness (QED) is 0.0617. The van der Waals surface area contributed by atoms with Gasteiger partial charge in [0.2, 0.25) is 35.7 Å². The first kappa shape index (κ1) is 66.1. The topological polar surface area (TPSA) is 400 Å². The molecule has 6 fully saturated rings. The molecule has 0 unspecified atom stereocenters. The lowest BCUT2D eigenvalue weighted by atomic mass is 9.99.